The van der Waals surface area contributed by atoms with Crippen LogP contribution in [0.2, 0.25) is 19.6 Å². The molecule has 0 bridgehead atoms. The van der Waals surface area contributed by atoms with Crippen LogP contribution >= 0.6 is 11.3 Å². The quantitative estimate of drug-likeness (QED) is 0.123. The third-order valence-corrected chi connectivity index (χ3v) is 12.3. The molecule has 0 atom stereocenters. The number of hydrogen-bond donors (Lipinski definition) is 0. The van der Waals surface area contributed by atoms with Crippen molar-refractivity contribution < 1.29 is 27.0 Å². The summed E-state index contributed by atoms with van der Waals surface area (Å²) in [6.07, 6.45) is 3.69. The van der Waals surface area contributed by atoms with Gasteiger partial charge in [0.25, 0.3) is 0 Å². The van der Waals surface area contributed by atoms with E-state index in [2.05, 4.69) is 98.1 Å². The Morgan fingerprint density at radius 3 is 2.22 bits per heavy atom. The summed E-state index contributed by atoms with van der Waals surface area (Å²) < 4.78 is 41.7. The largest absolute Gasteiger partial charge is 0.305 e. The number of fused-ring (bicyclic) bond motifs is 3. The smallest absolute Gasteiger partial charge is 0.0799 e. The van der Waals surface area contributed by atoms with Gasteiger partial charge in [-0.15, -0.1) is 59.2 Å². The molecule has 0 aliphatic rings. The molecule has 7 aromatic rings. The van der Waals surface area contributed by atoms with E-state index >= 15 is 0 Å². The van der Waals surface area contributed by atoms with Crippen molar-refractivity contribution in [1.29, 1.82) is 0 Å². The third kappa shape index (κ3) is 8.34. The number of benzene rings is 4. The Labute approximate surface area is 330 Å². The van der Waals surface area contributed by atoms with Crippen LogP contribution in [0.4, 0.5) is 0 Å². The minimum Gasteiger partial charge on any atom is -0.305 e. The number of nitrogens with zero attached hydrogens (tertiary/aromatic N) is 2. The second-order valence-corrected chi connectivity index (χ2v) is 20.6. The normalized spacial score (nSPS) is 13.6. The van der Waals surface area contributed by atoms with Gasteiger partial charge in [0.1, 0.15) is 0 Å². The van der Waals surface area contributed by atoms with Crippen molar-refractivity contribution in [3.8, 4) is 33.6 Å². The molecule has 51 heavy (non-hydrogen) atoms. The number of aromatic nitrogens is 2. The van der Waals surface area contributed by atoms with Crippen LogP contribution in [-0.2, 0) is 20.1 Å². The fourth-order valence-corrected chi connectivity index (χ4v) is 9.26. The minimum atomic E-state index is -2.13. The first-order chi connectivity index (χ1) is 25.6. The topological polar surface area (TPSA) is 25.8 Å². The summed E-state index contributed by atoms with van der Waals surface area (Å²) in [5, 5.41) is 3.69. The van der Waals surface area contributed by atoms with E-state index in [-0.39, 0.29) is 25.7 Å². The Kier molecular flexibility index (Phi) is 9.95. The van der Waals surface area contributed by atoms with E-state index in [1.54, 1.807) is 29.7 Å². The maximum atomic E-state index is 8.48. The molecule has 0 amide bonds. The van der Waals surface area contributed by atoms with Crippen molar-refractivity contribution in [3.05, 3.63) is 137 Å². The average Bonchev–Trinajstić information content (AvgIpc) is 3.48. The van der Waals surface area contributed by atoms with Gasteiger partial charge in [-0.2, -0.15) is 11.3 Å². The molecule has 0 fully saturated rings. The molecule has 0 spiro atoms. The Balaban J connectivity index is 0.000000218. The molecule has 0 unspecified atom stereocenters. The van der Waals surface area contributed by atoms with Crippen molar-refractivity contribution in [2.75, 3.05) is 0 Å². The van der Waals surface area contributed by atoms with Crippen molar-refractivity contribution in [2.24, 2.45) is 0 Å². The average molecular weight is 886 g/mol. The molecule has 5 heteroatoms. The Hall–Kier alpha value is -3.73. The van der Waals surface area contributed by atoms with Gasteiger partial charge >= 0.3 is 0 Å². The number of rotatable bonds is 6. The van der Waals surface area contributed by atoms with Crippen LogP contribution in [0.15, 0.2) is 97.3 Å². The summed E-state index contributed by atoms with van der Waals surface area (Å²) in [4.78, 5) is 9.18. The fraction of sp³-hybridized carbons (Fsp3) is 0.261. The van der Waals surface area contributed by atoms with E-state index < -0.39 is 26.7 Å². The van der Waals surface area contributed by atoms with Crippen molar-refractivity contribution in [3.63, 3.8) is 0 Å². The summed E-state index contributed by atoms with van der Waals surface area (Å²) in [5.74, 6) is -1.38. The summed E-state index contributed by atoms with van der Waals surface area (Å²) in [6, 6.07) is 34.6. The van der Waals surface area contributed by atoms with E-state index in [9.17, 15) is 0 Å². The first kappa shape index (κ1) is 32.0. The summed E-state index contributed by atoms with van der Waals surface area (Å²) in [6.45, 7) is 16.6. The predicted molar refractivity (Wildman–Crippen MR) is 221 cm³/mol. The van der Waals surface area contributed by atoms with Gasteiger partial charge in [-0.1, -0.05) is 113 Å². The van der Waals surface area contributed by atoms with Gasteiger partial charge in [0.2, 0.25) is 0 Å². The van der Waals surface area contributed by atoms with E-state index in [0.29, 0.717) is 0 Å². The van der Waals surface area contributed by atoms with Gasteiger partial charge < -0.3 is 9.97 Å². The van der Waals surface area contributed by atoms with E-state index in [4.69, 9.17) is 6.85 Å². The maximum Gasteiger partial charge on any atom is 0.0799 e. The number of hydrogen-bond acceptors (Lipinski definition) is 3. The molecule has 0 saturated heterocycles. The SMILES string of the molecule is [2H]C(C)(C)c1ccnc(-c2[c-]ccc3c2sc2cc(-c4c(C)cccc4C)ccc23)c1.[2H]C([2H])([2H])c1c[c-]c(-c2cc(C([2H])(C)C)c([Si](C)(C)C)cn2)cc1.[Ir]. The molecule has 3 heterocycles. The maximum absolute atomic E-state index is 8.48. The summed E-state index contributed by atoms with van der Waals surface area (Å²) in [7, 11) is -1.61. The molecule has 0 aliphatic carbocycles. The van der Waals surface area contributed by atoms with Gasteiger partial charge in [0, 0.05) is 44.1 Å². The summed E-state index contributed by atoms with van der Waals surface area (Å²) in [5.41, 5.74) is 10.8. The zero-order valence-corrected chi connectivity index (χ0v) is 35.1. The molecule has 263 valence electrons. The molecule has 2 nitrogen and oxygen atoms in total. The summed E-state index contributed by atoms with van der Waals surface area (Å²) >= 11 is 1.80. The fourth-order valence-electron chi connectivity index (χ4n) is 6.43. The van der Waals surface area contributed by atoms with Gasteiger partial charge in [0.15, 0.2) is 0 Å². The van der Waals surface area contributed by atoms with Crippen LogP contribution in [-0.4, -0.2) is 18.0 Å². The molecule has 4 aromatic carbocycles. The zero-order chi connectivity index (χ0) is 40.1. The van der Waals surface area contributed by atoms with Crippen LogP contribution in [0.25, 0.3) is 53.8 Å². The minimum absolute atomic E-state index is 0. The molecular formula is C46H48IrN2SSi-2. The number of aryl methyl sites for hydroxylation is 3. The van der Waals surface area contributed by atoms with Crippen LogP contribution in [0, 0.1) is 32.8 Å². The van der Waals surface area contributed by atoms with Crippen LogP contribution < -0.4 is 5.19 Å². The van der Waals surface area contributed by atoms with Crippen LogP contribution in [0.1, 0.15) is 74.2 Å². The van der Waals surface area contributed by atoms with Crippen molar-refractivity contribution in [1.82, 2.24) is 9.97 Å². The van der Waals surface area contributed by atoms with E-state index in [1.165, 1.54) is 53.7 Å². The Morgan fingerprint density at radius 2 is 1.57 bits per heavy atom. The second-order valence-electron chi connectivity index (χ2n) is 14.5. The zero-order valence-electron chi connectivity index (χ0n) is 35.9. The standard InChI is InChI=1S/C28H24NS.C18H24NSi.Ir/c1-17(2)20-13-14-29-25(15-20)24-10-6-9-23-22-12-11-21(16-26(22)30-28(23)24)27-18(3)7-5-8-19(27)4;1-13(2)16-11-17(15-9-7-14(3)8-10-15)19-12-18(16)20(4,5)6;/h5-9,11-17H,1-4H3;7-9,11-13H,1-6H3;/q2*-1;/i17D;3D3,13D;. The van der Waals surface area contributed by atoms with Crippen LogP contribution in [0.5, 0.6) is 0 Å². The Morgan fingerprint density at radius 1 is 0.804 bits per heavy atom. The molecular weight excluding hydrogens is 833 g/mol. The van der Waals surface area contributed by atoms with Gasteiger partial charge in [0.05, 0.1) is 8.07 Å². The van der Waals surface area contributed by atoms with Crippen molar-refractivity contribution in [2.45, 2.75) is 79.8 Å². The van der Waals surface area contributed by atoms with Crippen molar-refractivity contribution >= 4 is 44.8 Å². The monoisotopic (exact) mass is 886 g/mol. The molecule has 7 rings (SSSR count). The molecule has 0 N–H and O–H groups in total. The van der Waals surface area contributed by atoms with Gasteiger partial charge in [-0.05, 0) is 86.7 Å². The first-order valence-electron chi connectivity index (χ1n) is 19.6. The third-order valence-electron chi connectivity index (χ3n) is 9.14. The van der Waals surface area contributed by atoms with Gasteiger partial charge in [-0.3, -0.25) is 0 Å². The molecule has 0 saturated carbocycles. The van der Waals surface area contributed by atoms with E-state index in [0.717, 1.165) is 33.6 Å². The predicted octanol–water partition coefficient (Wildman–Crippen LogP) is 12.8. The molecule has 0 aliphatic heterocycles. The first-order valence-corrected chi connectivity index (χ1v) is 21.4. The van der Waals surface area contributed by atoms with E-state index in [1.807, 2.05) is 58.2 Å². The molecule has 1 radical (unpaired) electrons. The number of thiophene rings is 1. The van der Waals surface area contributed by atoms with Crippen LogP contribution in [0.3, 0.4) is 0 Å². The molecule has 3 aromatic heterocycles. The van der Waals surface area contributed by atoms with Gasteiger partial charge in [-0.25, -0.2) is 0 Å². The second kappa shape index (κ2) is 15.9. The Bertz CT molecular complexity index is 2490. The number of pyridine rings is 2.